The van der Waals surface area contributed by atoms with Gasteiger partial charge in [0.25, 0.3) is 0 Å². The van der Waals surface area contributed by atoms with Crippen LogP contribution in [-0.2, 0) is 14.2 Å². The molecule has 0 aromatic rings. The first kappa shape index (κ1) is 13.9. The van der Waals surface area contributed by atoms with E-state index in [1.165, 1.54) is 0 Å². The normalized spacial score (nSPS) is 17.8. The Bertz CT molecular complexity index is 128. The van der Waals surface area contributed by atoms with Crippen molar-refractivity contribution >= 4 is 0 Å². The first-order valence-corrected chi connectivity index (χ1v) is 5.32. The van der Waals surface area contributed by atoms with Crippen molar-refractivity contribution in [1.82, 2.24) is 0 Å². The largest absolute Gasteiger partial charge is 0.385 e. The molecule has 0 aromatic carbocycles. The molecule has 0 amide bonds. The zero-order chi connectivity index (χ0) is 11.0. The molecule has 0 saturated carbocycles. The van der Waals surface area contributed by atoms with Crippen LogP contribution in [0.5, 0.6) is 0 Å². The van der Waals surface area contributed by atoms with Crippen molar-refractivity contribution in [1.29, 1.82) is 0 Å². The van der Waals surface area contributed by atoms with Gasteiger partial charge in [0.1, 0.15) is 0 Å². The van der Waals surface area contributed by atoms with Crippen LogP contribution >= 0.6 is 0 Å². The maximum absolute atomic E-state index is 5.75. The first-order valence-electron chi connectivity index (χ1n) is 5.32. The molecule has 0 aromatic heterocycles. The van der Waals surface area contributed by atoms with Crippen LogP contribution in [-0.4, -0.2) is 33.2 Å². The van der Waals surface area contributed by atoms with Crippen LogP contribution in [0, 0.1) is 5.92 Å². The van der Waals surface area contributed by atoms with E-state index >= 15 is 0 Å². The molecule has 0 fully saturated rings. The molecule has 0 saturated heterocycles. The molecule has 3 atom stereocenters. The zero-order valence-corrected chi connectivity index (χ0v) is 10.1. The predicted molar refractivity (Wildman–Crippen MR) is 57.3 cm³/mol. The van der Waals surface area contributed by atoms with Gasteiger partial charge in [-0.05, 0) is 19.8 Å². The van der Waals surface area contributed by atoms with Crippen LogP contribution < -0.4 is 0 Å². The van der Waals surface area contributed by atoms with Gasteiger partial charge in [-0.2, -0.15) is 0 Å². The third-order valence-electron chi connectivity index (χ3n) is 2.44. The van der Waals surface area contributed by atoms with E-state index in [1.807, 2.05) is 6.92 Å². The summed E-state index contributed by atoms with van der Waals surface area (Å²) in [7, 11) is 3.40. The van der Waals surface area contributed by atoms with Crippen LogP contribution in [0.3, 0.4) is 0 Å². The number of hydrogen-bond acceptors (Lipinski definition) is 3. The van der Waals surface area contributed by atoms with Crippen molar-refractivity contribution in [3.8, 4) is 0 Å². The van der Waals surface area contributed by atoms with Crippen molar-refractivity contribution in [3.63, 3.8) is 0 Å². The van der Waals surface area contributed by atoms with E-state index in [9.17, 15) is 0 Å². The first-order chi connectivity index (χ1) is 6.65. The molecule has 0 N–H and O–H groups in total. The lowest BCUT2D eigenvalue weighted by molar-refractivity contribution is -0.179. The average Bonchev–Trinajstić information content (AvgIpc) is 2.21. The Hall–Kier alpha value is -0.120. The third kappa shape index (κ3) is 5.58. The van der Waals surface area contributed by atoms with Gasteiger partial charge in [-0.1, -0.05) is 13.8 Å². The summed E-state index contributed by atoms with van der Waals surface area (Å²) in [6.07, 6.45) is 2.07. The van der Waals surface area contributed by atoms with E-state index in [-0.39, 0.29) is 12.4 Å². The fraction of sp³-hybridized carbons (Fsp3) is 1.00. The smallest absolute Gasteiger partial charge is 0.160 e. The molecule has 0 aliphatic rings. The summed E-state index contributed by atoms with van der Waals surface area (Å²) in [5.74, 6) is 0.435. The van der Waals surface area contributed by atoms with Crippen LogP contribution in [0.4, 0.5) is 0 Å². The summed E-state index contributed by atoms with van der Waals surface area (Å²) in [4.78, 5) is 0. The van der Waals surface area contributed by atoms with Gasteiger partial charge in [0.15, 0.2) is 6.29 Å². The minimum absolute atomic E-state index is 0.0909. The molecule has 3 nitrogen and oxygen atoms in total. The maximum Gasteiger partial charge on any atom is 0.160 e. The van der Waals surface area contributed by atoms with Gasteiger partial charge in [0.05, 0.1) is 6.10 Å². The summed E-state index contributed by atoms with van der Waals surface area (Å²) in [5, 5.41) is 0. The highest BCUT2D eigenvalue weighted by atomic mass is 16.7. The number of methoxy groups -OCH3 is 2. The van der Waals surface area contributed by atoms with Crippen LogP contribution in [0.1, 0.15) is 33.6 Å². The molecule has 0 aliphatic heterocycles. The highest BCUT2D eigenvalue weighted by molar-refractivity contribution is 4.58. The Kier molecular flexibility index (Phi) is 8.14. The lowest BCUT2D eigenvalue weighted by Gasteiger charge is -2.25. The van der Waals surface area contributed by atoms with Crippen molar-refractivity contribution in [2.75, 3.05) is 20.8 Å². The van der Waals surface area contributed by atoms with Gasteiger partial charge in [-0.15, -0.1) is 0 Å². The Labute approximate surface area is 87.7 Å². The Morgan fingerprint density at radius 1 is 1.14 bits per heavy atom. The highest BCUT2D eigenvalue weighted by Crippen LogP contribution is 2.15. The molecule has 0 spiro atoms. The average molecular weight is 204 g/mol. The molecule has 3 unspecified atom stereocenters. The lowest BCUT2D eigenvalue weighted by Crippen LogP contribution is -2.28. The van der Waals surface area contributed by atoms with Gasteiger partial charge in [-0.25, -0.2) is 0 Å². The fourth-order valence-electron chi connectivity index (χ4n) is 1.20. The van der Waals surface area contributed by atoms with E-state index in [4.69, 9.17) is 14.2 Å². The quantitative estimate of drug-likeness (QED) is 0.568. The van der Waals surface area contributed by atoms with Crippen molar-refractivity contribution in [3.05, 3.63) is 0 Å². The minimum Gasteiger partial charge on any atom is -0.385 e. The SMILES string of the molecule is CCC(C)C(OC)OC(C)CCOC. The molecule has 0 aliphatic carbocycles. The standard InChI is InChI=1S/C11H24O3/c1-6-9(2)11(13-5)14-10(3)7-8-12-4/h9-11H,6-8H2,1-5H3. The highest BCUT2D eigenvalue weighted by Gasteiger charge is 2.18. The van der Waals surface area contributed by atoms with E-state index in [1.54, 1.807) is 14.2 Å². The summed E-state index contributed by atoms with van der Waals surface area (Å²) in [5.41, 5.74) is 0. The van der Waals surface area contributed by atoms with E-state index < -0.39 is 0 Å². The summed E-state index contributed by atoms with van der Waals surface area (Å²) < 4.78 is 16.0. The van der Waals surface area contributed by atoms with E-state index in [0.29, 0.717) is 5.92 Å². The molecule has 14 heavy (non-hydrogen) atoms. The zero-order valence-electron chi connectivity index (χ0n) is 10.1. The topological polar surface area (TPSA) is 27.7 Å². The van der Waals surface area contributed by atoms with Gasteiger partial charge in [0.2, 0.25) is 0 Å². The van der Waals surface area contributed by atoms with Gasteiger partial charge in [0, 0.05) is 26.7 Å². The molecule has 0 radical (unpaired) electrons. The summed E-state index contributed by atoms with van der Waals surface area (Å²) in [6.45, 7) is 7.06. The Morgan fingerprint density at radius 3 is 2.21 bits per heavy atom. The molecular formula is C11H24O3. The minimum atomic E-state index is -0.0909. The van der Waals surface area contributed by atoms with Crippen LogP contribution in [0.25, 0.3) is 0 Å². The number of rotatable bonds is 8. The lowest BCUT2D eigenvalue weighted by atomic mass is 10.1. The molecule has 86 valence electrons. The van der Waals surface area contributed by atoms with Crippen molar-refractivity contribution < 1.29 is 14.2 Å². The summed E-state index contributed by atoms with van der Waals surface area (Å²) in [6, 6.07) is 0. The van der Waals surface area contributed by atoms with Gasteiger partial charge < -0.3 is 14.2 Å². The Morgan fingerprint density at radius 2 is 1.79 bits per heavy atom. The second kappa shape index (κ2) is 8.21. The fourth-order valence-corrected chi connectivity index (χ4v) is 1.20. The van der Waals surface area contributed by atoms with Gasteiger partial charge >= 0.3 is 0 Å². The van der Waals surface area contributed by atoms with Crippen LogP contribution in [0.15, 0.2) is 0 Å². The molecule has 0 rings (SSSR count). The Balaban J connectivity index is 3.79. The molecule has 0 heterocycles. The van der Waals surface area contributed by atoms with Crippen LogP contribution in [0.2, 0.25) is 0 Å². The maximum atomic E-state index is 5.75. The number of ether oxygens (including phenoxy) is 3. The predicted octanol–water partition coefficient (Wildman–Crippen LogP) is 2.45. The third-order valence-corrected chi connectivity index (χ3v) is 2.44. The second-order valence-corrected chi connectivity index (χ2v) is 3.72. The second-order valence-electron chi connectivity index (χ2n) is 3.72. The van der Waals surface area contributed by atoms with Crippen molar-refractivity contribution in [2.24, 2.45) is 5.92 Å². The van der Waals surface area contributed by atoms with E-state index in [0.717, 1.165) is 19.4 Å². The monoisotopic (exact) mass is 204 g/mol. The van der Waals surface area contributed by atoms with E-state index in [2.05, 4.69) is 13.8 Å². The molecule has 0 bridgehead atoms. The molecule has 3 heteroatoms. The number of hydrogen-bond donors (Lipinski definition) is 0. The summed E-state index contributed by atoms with van der Waals surface area (Å²) >= 11 is 0. The molecular weight excluding hydrogens is 180 g/mol. The van der Waals surface area contributed by atoms with Gasteiger partial charge in [-0.3, -0.25) is 0 Å². The van der Waals surface area contributed by atoms with Crippen molar-refractivity contribution in [2.45, 2.75) is 46.0 Å².